The van der Waals surface area contributed by atoms with Gasteiger partial charge in [0.05, 0.1) is 10.0 Å². The van der Waals surface area contributed by atoms with Gasteiger partial charge in [0.2, 0.25) is 0 Å². The van der Waals surface area contributed by atoms with E-state index in [9.17, 15) is 9.59 Å². The fourth-order valence-electron chi connectivity index (χ4n) is 1.71. The SMILES string of the molecule is O=C1COc2ccc(OC(=O)c3ccc(Cl)s3)cc2N1. The Labute approximate surface area is 123 Å². The van der Waals surface area contributed by atoms with E-state index in [1.807, 2.05) is 0 Å². The quantitative estimate of drug-likeness (QED) is 0.684. The highest BCUT2D eigenvalue weighted by Crippen LogP contribution is 2.32. The van der Waals surface area contributed by atoms with E-state index in [2.05, 4.69) is 5.32 Å². The molecule has 1 N–H and O–H groups in total. The first-order chi connectivity index (χ1) is 9.61. The van der Waals surface area contributed by atoms with Gasteiger partial charge in [-0.25, -0.2) is 4.79 Å². The number of amides is 1. The van der Waals surface area contributed by atoms with E-state index in [1.54, 1.807) is 30.3 Å². The number of benzene rings is 1. The van der Waals surface area contributed by atoms with Crippen molar-refractivity contribution in [2.75, 3.05) is 11.9 Å². The monoisotopic (exact) mass is 309 g/mol. The van der Waals surface area contributed by atoms with Crippen molar-refractivity contribution in [2.24, 2.45) is 0 Å². The number of halogens is 1. The van der Waals surface area contributed by atoms with Crippen molar-refractivity contribution in [3.8, 4) is 11.5 Å². The normalized spacial score (nSPS) is 13.2. The highest BCUT2D eigenvalue weighted by molar-refractivity contribution is 7.17. The van der Waals surface area contributed by atoms with Gasteiger partial charge in [0.25, 0.3) is 5.91 Å². The van der Waals surface area contributed by atoms with Crippen LogP contribution in [0.15, 0.2) is 30.3 Å². The number of thiophene rings is 1. The number of anilines is 1. The number of carbonyl (C=O) groups excluding carboxylic acids is 2. The minimum Gasteiger partial charge on any atom is -0.482 e. The van der Waals surface area contributed by atoms with Crippen LogP contribution in [0.1, 0.15) is 9.67 Å². The van der Waals surface area contributed by atoms with Crippen LogP contribution < -0.4 is 14.8 Å². The maximum atomic E-state index is 11.9. The molecule has 1 aromatic heterocycles. The molecule has 0 spiro atoms. The first-order valence-electron chi connectivity index (χ1n) is 5.66. The average Bonchev–Trinajstić information content (AvgIpc) is 2.85. The number of carbonyl (C=O) groups is 2. The van der Waals surface area contributed by atoms with Gasteiger partial charge in [-0.2, -0.15) is 0 Å². The van der Waals surface area contributed by atoms with E-state index in [4.69, 9.17) is 21.1 Å². The standard InChI is InChI=1S/C13H8ClNO4S/c14-11-4-3-10(20-11)13(17)19-7-1-2-9-8(5-7)15-12(16)6-18-9/h1-5H,6H2,(H,15,16). The first-order valence-corrected chi connectivity index (χ1v) is 6.85. The summed E-state index contributed by atoms with van der Waals surface area (Å²) >= 11 is 6.91. The molecule has 0 aliphatic carbocycles. The predicted octanol–water partition coefficient (Wildman–Crippen LogP) is 2.95. The van der Waals surface area contributed by atoms with Crippen LogP contribution in [0.2, 0.25) is 4.34 Å². The third-order valence-corrected chi connectivity index (χ3v) is 3.78. The fourth-order valence-corrected chi connectivity index (χ4v) is 2.63. The molecule has 0 radical (unpaired) electrons. The molecule has 1 aliphatic rings. The number of ether oxygens (including phenoxy) is 2. The summed E-state index contributed by atoms with van der Waals surface area (Å²) in [4.78, 5) is 23.5. The van der Waals surface area contributed by atoms with Gasteiger partial charge < -0.3 is 14.8 Å². The number of hydrogen-bond donors (Lipinski definition) is 1. The fraction of sp³-hybridized carbons (Fsp3) is 0.0769. The Hall–Kier alpha value is -2.05. The maximum absolute atomic E-state index is 11.9. The van der Waals surface area contributed by atoms with E-state index in [0.717, 1.165) is 11.3 Å². The molecule has 1 aliphatic heterocycles. The van der Waals surface area contributed by atoms with Gasteiger partial charge in [0.15, 0.2) is 6.61 Å². The molecule has 0 atom stereocenters. The zero-order valence-electron chi connectivity index (χ0n) is 10.0. The van der Waals surface area contributed by atoms with Crippen LogP contribution in [-0.2, 0) is 4.79 Å². The maximum Gasteiger partial charge on any atom is 0.353 e. The molecular weight excluding hydrogens is 302 g/mol. The Morgan fingerprint density at radius 1 is 1.35 bits per heavy atom. The van der Waals surface area contributed by atoms with Crippen LogP contribution in [0.4, 0.5) is 5.69 Å². The molecule has 7 heteroatoms. The largest absolute Gasteiger partial charge is 0.482 e. The van der Waals surface area contributed by atoms with Gasteiger partial charge in [-0.3, -0.25) is 4.79 Å². The minimum absolute atomic E-state index is 0.0141. The lowest BCUT2D eigenvalue weighted by Gasteiger charge is -2.18. The number of hydrogen-bond acceptors (Lipinski definition) is 5. The lowest BCUT2D eigenvalue weighted by Crippen LogP contribution is -2.25. The molecule has 0 saturated carbocycles. The molecule has 2 heterocycles. The molecule has 20 heavy (non-hydrogen) atoms. The van der Waals surface area contributed by atoms with E-state index in [1.165, 1.54) is 0 Å². The van der Waals surface area contributed by atoms with Gasteiger partial charge in [-0.1, -0.05) is 11.6 Å². The summed E-state index contributed by atoms with van der Waals surface area (Å²) in [5.41, 5.74) is 0.482. The van der Waals surface area contributed by atoms with Crippen LogP contribution in [0.3, 0.4) is 0 Å². The predicted molar refractivity (Wildman–Crippen MR) is 74.9 cm³/mol. The summed E-state index contributed by atoms with van der Waals surface area (Å²) in [5, 5.41) is 2.64. The third kappa shape index (κ3) is 2.61. The number of fused-ring (bicyclic) bond motifs is 1. The van der Waals surface area contributed by atoms with Crippen LogP contribution >= 0.6 is 22.9 Å². The van der Waals surface area contributed by atoms with Gasteiger partial charge in [0.1, 0.15) is 16.4 Å². The Morgan fingerprint density at radius 3 is 2.95 bits per heavy atom. The molecule has 0 fully saturated rings. The molecule has 5 nitrogen and oxygen atoms in total. The lowest BCUT2D eigenvalue weighted by molar-refractivity contribution is -0.118. The molecule has 0 saturated heterocycles. The van der Waals surface area contributed by atoms with Gasteiger partial charge >= 0.3 is 5.97 Å². The number of nitrogens with one attached hydrogen (secondary N) is 1. The third-order valence-electron chi connectivity index (χ3n) is 2.57. The van der Waals surface area contributed by atoms with Crippen LogP contribution in [-0.4, -0.2) is 18.5 Å². The van der Waals surface area contributed by atoms with Crippen LogP contribution in [0, 0.1) is 0 Å². The van der Waals surface area contributed by atoms with Crippen molar-refractivity contribution in [3.63, 3.8) is 0 Å². The Kier molecular flexibility index (Phi) is 3.33. The second-order valence-electron chi connectivity index (χ2n) is 3.99. The Balaban J connectivity index is 1.80. The van der Waals surface area contributed by atoms with E-state index in [0.29, 0.717) is 26.4 Å². The van der Waals surface area contributed by atoms with Crippen molar-refractivity contribution >= 4 is 40.5 Å². The summed E-state index contributed by atoms with van der Waals surface area (Å²) in [6.07, 6.45) is 0. The molecule has 0 bridgehead atoms. The van der Waals surface area contributed by atoms with E-state index >= 15 is 0 Å². The Morgan fingerprint density at radius 2 is 2.20 bits per heavy atom. The summed E-state index contributed by atoms with van der Waals surface area (Å²) in [6.45, 7) is -0.0141. The minimum atomic E-state index is -0.495. The molecule has 3 rings (SSSR count). The van der Waals surface area contributed by atoms with Crippen molar-refractivity contribution in [2.45, 2.75) is 0 Å². The van der Waals surface area contributed by atoms with Crippen molar-refractivity contribution < 1.29 is 19.1 Å². The van der Waals surface area contributed by atoms with Crippen molar-refractivity contribution in [1.29, 1.82) is 0 Å². The first kappa shape index (κ1) is 13.0. The summed E-state index contributed by atoms with van der Waals surface area (Å²) in [6, 6.07) is 8.00. The topological polar surface area (TPSA) is 64.6 Å². The average molecular weight is 310 g/mol. The van der Waals surface area contributed by atoms with Crippen molar-refractivity contribution in [3.05, 3.63) is 39.5 Å². The second kappa shape index (κ2) is 5.15. The highest BCUT2D eigenvalue weighted by Gasteiger charge is 2.18. The smallest absolute Gasteiger partial charge is 0.353 e. The van der Waals surface area contributed by atoms with E-state index < -0.39 is 5.97 Å². The highest BCUT2D eigenvalue weighted by atomic mass is 35.5. The Bertz CT molecular complexity index is 697. The zero-order valence-corrected chi connectivity index (χ0v) is 11.6. The van der Waals surface area contributed by atoms with E-state index in [-0.39, 0.29) is 12.5 Å². The molecule has 2 aromatic rings. The molecular formula is C13H8ClNO4S. The lowest BCUT2D eigenvalue weighted by atomic mass is 10.2. The van der Waals surface area contributed by atoms with Gasteiger partial charge in [-0.05, 0) is 24.3 Å². The molecule has 1 amide bonds. The molecule has 1 aromatic carbocycles. The van der Waals surface area contributed by atoms with Crippen molar-refractivity contribution in [1.82, 2.24) is 0 Å². The van der Waals surface area contributed by atoms with Crippen LogP contribution in [0.25, 0.3) is 0 Å². The van der Waals surface area contributed by atoms with Gasteiger partial charge in [-0.15, -0.1) is 11.3 Å². The molecule has 0 unspecified atom stereocenters. The summed E-state index contributed by atoms with van der Waals surface area (Å²) < 4.78 is 11.0. The number of esters is 1. The summed E-state index contributed by atoms with van der Waals surface area (Å²) in [5.74, 6) is 0.128. The molecule has 102 valence electrons. The van der Waals surface area contributed by atoms with Gasteiger partial charge in [0, 0.05) is 6.07 Å². The second-order valence-corrected chi connectivity index (χ2v) is 5.70. The number of rotatable bonds is 2. The zero-order chi connectivity index (χ0) is 14.1. The van der Waals surface area contributed by atoms with Crippen LogP contribution in [0.5, 0.6) is 11.5 Å². The summed E-state index contributed by atoms with van der Waals surface area (Å²) in [7, 11) is 0.